The fourth-order valence-electron chi connectivity index (χ4n) is 3.99. The second kappa shape index (κ2) is 7.24. The van der Waals surface area contributed by atoms with E-state index in [4.69, 9.17) is 5.10 Å². The fourth-order valence-corrected chi connectivity index (χ4v) is 3.99. The van der Waals surface area contributed by atoms with Gasteiger partial charge in [-0.1, -0.05) is 24.3 Å². The SMILES string of the molecule is Cc1ccccc1-n1nc2c(c1-n1cccc1)CN(C(=O)c1cccc([N+](=O)[O-])c1)C2. The first-order valence-corrected chi connectivity index (χ1v) is 9.87. The van der Waals surface area contributed by atoms with Crippen LogP contribution in [-0.4, -0.2) is 30.1 Å². The van der Waals surface area contributed by atoms with Crippen molar-refractivity contribution in [2.24, 2.45) is 0 Å². The Morgan fingerprint density at radius 3 is 2.55 bits per heavy atom. The zero-order valence-electron chi connectivity index (χ0n) is 16.8. The van der Waals surface area contributed by atoms with Crippen molar-refractivity contribution in [3.63, 3.8) is 0 Å². The Hall–Kier alpha value is -4.20. The Kier molecular flexibility index (Phi) is 4.39. The molecule has 1 amide bonds. The maximum atomic E-state index is 13.1. The quantitative estimate of drug-likeness (QED) is 0.373. The van der Waals surface area contributed by atoms with Gasteiger partial charge in [-0.05, 0) is 36.8 Å². The minimum atomic E-state index is -0.494. The molecule has 0 bridgehead atoms. The van der Waals surface area contributed by atoms with Crippen LogP contribution in [0.15, 0.2) is 73.1 Å². The van der Waals surface area contributed by atoms with E-state index in [1.165, 1.54) is 18.2 Å². The second-order valence-corrected chi connectivity index (χ2v) is 7.51. The number of carbonyl (C=O) groups excluding carboxylic acids is 1. The van der Waals surface area contributed by atoms with E-state index in [-0.39, 0.29) is 11.6 Å². The molecule has 0 saturated carbocycles. The van der Waals surface area contributed by atoms with E-state index < -0.39 is 4.92 Å². The molecule has 0 N–H and O–H groups in total. The van der Waals surface area contributed by atoms with Crippen molar-refractivity contribution in [3.05, 3.63) is 106 Å². The number of amides is 1. The van der Waals surface area contributed by atoms with E-state index in [0.29, 0.717) is 18.7 Å². The van der Waals surface area contributed by atoms with Gasteiger partial charge in [0.2, 0.25) is 0 Å². The highest BCUT2D eigenvalue weighted by Gasteiger charge is 2.32. The molecule has 31 heavy (non-hydrogen) atoms. The zero-order chi connectivity index (χ0) is 21.5. The average molecular weight is 413 g/mol. The third-order valence-electron chi connectivity index (χ3n) is 5.51. The topological polar surface area (TPSA) is 86.2 Å². The Balaban J connectivity index is 1.53. The molecule has 0 saturated heterocycles. The summed E-state index contributed by atoms with van der Waals surface area (Å²) in [5.41, 5.74) is 4.08. The summed E-state index contributed by atoms with van der Waals surface area (Å²) in [6, 6.07) is 17.8. The standard InChI is InChI=1S/C23H19N5O3/c1-16-7-2-3-10-21(16)27-22(25-11-4-5-12-25)19-14-26(15-20(19)24-27)23(29)17-8-6-9-18(13-17)28(30)31/h2-13H,14-15H2,1H3. The molecule has 1 aliphatic heterocycles. The van der Waals surface area contributed by atoms with Crippen LogP contribution in [0, 0.1) is 17.0 Å². The first-order chi connectivity index (χ1) is 15.0. The van der Waals surface area contributed by atoms with E-state index in [0.717, 1.165) is 28.3 Å². The Morgan fingerprint density at radius 2 is 1.81 bits per heavy atom. The Bertz CT molecular complexity index is 1310. The van der Waals surface area contributed by atoms with Gasteiger partial charge in [-0.15, -0.1) is 0 Å². The summed E-state index contributed by atoms with van der Waals surface area (Å²) in [5.74, 6) is 0.645. The van der Waals surface area contributed by atoms with Gasteiger partial charge in [0.15, 0.2) is 0 Å². The van der Waals surface area contributed by atoms with Crippen molar-refractivity contribution in [2.45, 2.75) is 20.0 Å². The molecule has 3 heterocycles. The van der Waals surface area contributed by atoms with Crippen molar-refractivity contribution < 1.29 is 9.72 Å². The first kappa shape index (κ1) is 18.8. The van der Waals surface area contributed by atoms with Crippen LogP contribution in [0.5, 0.6) is 0 Å². The number of benzene rings is 2. The summed E-state index contributed by atoms with van der Waals surface area (Å²) >= 11 is 0. The van der Waals surface area contributed by atoms with Crippen LogP contribution in [0.25, 0.3) is 11.5 Å². The third-order valence-corrected chi connectivity index (χ3v) is 5.51. The molecule has 154 valence electrons. The van der Waals surface area contributed by atoms with Gasteiger partial charge < -0.3 is 9.47 Å². The summed E-state index contributed by atoms with van der Waals surface area (Å²) in [5, 5.41) is 15.9. The van der Waals surface area contributed by atoms with Gasteiger partial charge >= 0.3 is 0 Å². The smallest absolute Gasteiger partial charge is 0.270 e. The lowest BCUT2D eigenvalue weighted by molar-refractivity contribution is -0.384. The second-order valence-electron chi connectivity index (χ2n) is 7.51. The predicted molar refractivity (Wildman–Crippen MR) is 114 cm³/mol. The summed E-state index contributed by atoms with van der Waals surface area (Å²) in [4.78, 5) is 25.3. The van der Waals surface area contributed by atoms with Gasteiger partial charge in [-0.2, -0.15) is 5.10 Å². The van der Waals surface area contributed by atoms with Gasteiger partial charge in [0, 0.05) is 35.7 Å². The lowest BCUT2D eigenvalue weighted by Gasteiger charge is -2.18. The number of non-ortho nitro benzene ring substituents is 1. The van der Waals surface area contributed by atoms with Crippen LogP contribution >= 0.6 is 0 Å². The van der Waals surface area contributed by atoms with E-state index in [2.05, 4.69) is 0 Å². The molecule has 0 fully saturated rings. The number of rotatable bonds is 4. The molecule has 0 unspecified atom stereocenters. The Labute approximate surface area is 178 Å². The van der Waals surface area contributed by atoms with Gasteiger partial charge in [0.05, 0.1) is 29.4 Å². The maximum absolute atomic E-state index is 13.1. The molecular formula is C23H19N5O3. The normalized spacial score (nSPS) is 12.7. The Morgan fingerprint density at radius 1 is 1.03 bits per heavy atom. The van der Waals surface area contributed by atoms with E-state index in [9.17, 15) is 14.9 Å². The largest absolute Gasteiger partial charge is 0.328 e. The maximum Gasteiger partial charge on any atom is 0.270 e. The summed E-state index contributed by atoms with van der Waals surface area (Å²) < 4.78 is 3.93. The number of aromatic nitrogens is 3. The number of aryl methyl sites for hydroxylation is 1. The number of hydrogen-bond acceptors (Lipinski definition) is 4. The summed E-state index contributed by atoms with van der Waals surface area (Å²) in [6.45, 7) is 2.78. The zero-order valence-corrected chi connectivity index (χ0v) is 16.8. The molecule has 0 aliphatic carbocycles. The molecule has 0 spiro atoms. The van der Waals surface area contributed by atoms with Crippen LogP contribution in [0.4, 0.5) is 5.69 Å². The van der Waals surface area contributed by atoms with Crippen LogP contribution in [-0.2, 0) is 13.1 Å². The van der Waals surface area contributed by atoms with E-state index >= 15 is 0 Å². The van der Waals surface area contributed by atoms with Gasteiger partial charge in [0.25, 0.3) is 11.6 Å². The number of carbonyl (C=O) groups is 1. The molecule has 2 aromatic carbocycles. The van der Waals surface area contributed by atoms with Crippen LogP contribution in [0.2, 0.25) is 0 Å². The van der Waals surface area contributed by atoms with Crippen LogP contribution < -0.4 is 0 Å². The van der Waals surface area contributed by atoms with E-state index in [1.807, 2.05) is 65.0 Å². The number of hydrogen-bond donors (Lipinski definition) is 0. The highest BCUT2D eigenvalue weighted by Crippen LogP contribution is 2.32. The highest BCUT2D eigenvalue weighted by molar-refractivity contribution is 5.95. The monoisotopic (exact) mass is 413 g/mol. The molecule has 4 aromatic rings. The number of fused-ring (bicyclic) bond motifs is 1. The number of nitrogens with zero attached hydrogens (tertiary/aromatic N) is 5. The van der Waals surface area contributed by atoms with Crippen molar-refractivity contribution in [3.8, 4) is 11.5 Å². The van der Waals surface area contributed by atoms with Crippen LogP contribution in [0.3, 0.4) is 0 Å². The van der Waals surface area contributed by atoms with Crippen molar-refractivity contribution in [1.82, 2.24) is 19.2 Å². The lowest BCUT2D eigenvalue weighted by Crippen LogP contribution is -2.26. The minimum absolute atomic E-state index is 0.0967. The van der Waals surface area contributed by atoms with Gasteiger partial charge in [-0.25, -0.2) is 4.68 Å². The summed E-state index contributed by atoms with van der Waals surface area (Å²) in [6.07, 6.45) is 3.91. The molecule has 5 rings (SSSR count). The van der Waals surface area contributed by atoms with Crippen molar-refractivity contribution >= 4 is 11.6 Å². The molecular weight excluding hydrogens is 394 g/mol. The average Bonchev–Trinajstić information content (AvgIpc) is 3.49. The van der Waals surface area contributed by atoms with Gasteiger partial charge in [0.1, 0.15) is 5.82 Å². The number of nitro benzene ring substituents is 1. The molecule has 0 atom stereocenters. The first-order valence-electron chi connectivity index (χ1n) is 9.87. The number of nitro groups is 1. The van der Waals surface area contributed by atoms with Crippen molar-refractivity contribution in [1.29, 1.82) is 0 Å². The number of para-hydroxylation sites is 1. The van der Waals surface area contributed by atoms with Crippen LogP contribution in [0.1, 0.15) is 27.2 Å². The van der Waals surface area contributed by atoms with E-state index in [1.54, 1.807) is 11.0 Å². The predicted octanol–water partition coefficient (Wildman–Crippen LogP) is 4.04. The van der Waals surface area contributed by atoms with Gasteiger partial charge in [-0.3, -0.25) is 14.9 Å². The molecule has 8 heteroatoms. The molecule has 1 aliphatic rings. The minimum Gasteiger partial charge on any atom is -0.328 e. The molecule has 8 nitrogen and oxygen atoms in total. The summed E-state index contributed by atoms with van der Waals surface area (Å²) in [7, 11) is 0. The highest BCUT2D eigenvalue weighted by atomic mass is 16.6. The third kappa shape index (κ3) is 3.18. The molecule has 2 aromatic heterocycles. The molecule has 0 radical (unpaired) electrons. The van der Waals surface area contributed by atoms with Crippen molar-refractivity contribution in [2.75, 3.05) is 0 Å². The fraction of sp³-hybridized carbons (Fsp3) is 0.130. The lowest BCUT2D eigenvalue weighted by atomic mass is 10.2.